The summed E-state index contributed by atoms with van der Waals surface area (Å²) in [7, 11) is 1.54. The first-order chi connectivity index (χ1) is 13.7. The Hall–Kier alpha value is -3.33. The number of nitrogens with zero attached hydrogens (tertiary/aromatic N) is 1. The molecule has 0 unspecified atom stereocenters. The molecule has 0 bridgehead atoms. The van der Waals surface area contributed by atoms with Gasteiger partial charge >= 0.3 is 0 Å². The second kappa shape index (κ2) is 9.24. The standard InChI is InChI=1S/C23H26N2O4/c1-13(2)12-29-19-8-7-17(10-20(19)28-6)9-18(11-24)23(27)22-14(3)21(16(5)26)15(4)25-22/h7-10,13,25H,12H2,1-6H3. The quantitative estimate of drug-likeness (QED) is 0.399. The van der Waals surface area contributed by atoms with Gasteiger partial charge in [0.05, 0.1) is 19.4 Å². The van der Waals surface area contributed by atoms with E-state index in [9.17, 15) is 14.9 Å². The van der Waals surface area contributed by atoms with Crippen LogP contribution in [0.5, 0.6) is 11.5 Å². The zero-order valence-electron chi connectivity index (χ0n) is 17.7. The maximum atomic E-state index is 12.9. The van der Waals surface area contributed by atoms with Gasteiger partial charge in [-0.15, -0.1) is 0 Å². The summed E-state index contributed by atoms with van der Waals surface area (Å²) >= 11 is 0. The van der Waals surface area contributed by atoms with Crippen molar-refractivity contribution in [1.82, 2.24) is 4.98 Å². The van der Waals surface area contributed by atoms with Crippen LogP contribution >= 0.6 is 0 Å². The van der Waals surface area contributed by atoms with Crippen molar-refractivity contribution >= 4 is 17.6 Å². The molecule has 152 valence electrons. The van der Waals surface area contributed by atoms with Crippen LogP contribution in [-0.2, 0) is 0 Å². The molecule has 0 aliphatic heterocycles. The number of carbonyl (C=O) groups excluding carboxylic acids is 2. The van der Waals surface area contributed by atoms with Gasteiger partial charge in [0.15, 0.2) is 17.3 Å². The van der Waals surface area contributed by atoms with Crippen molar-refractivity contribution in [3.8, 4) is 17.6 Å². The van der Waals surface area contributed by atoms with Crippen LogP contribution in [0.1, 0.15) is 58.4 Å². The topological polar surface area (TPSA) is 92.2 Å². The molecule has 0 fully saturated rings. The van der Waals surface area contributed by atoms with E-state index in [0.717, 1.165) is 0 Å². The summed E-state index contributed by atoms with van der Waals surface area (Å²) in [5, 5.41) is 9.55. The minimum absolute atomic E-state index is 0.0395. The molecular formula is C23H26N2O4. The number of H-pyrrole nitrogens is 1. The third kappa shape index (κ3) is 4.94. The number of hydrogen-bond donors (Lipinski definition) is 1. The molecule has 1 heterocycles. The lowest BCUT2D eigenvalue weighted by atomic mass is 10.0. The summed E-state index contributed by atoms with van der Waals surface area (Å²) in [5.41, 5.74) is 2.50. The largest absolute Gasteiger partial charge is 0.493 e. The van der Waals surface area contributed by atoms with Crippen molar-refractivity contribution in [3.05, 3.63) is 51.9 Å². The van der Waals surface area contributed by atoms with Crippen molar-refractivity contribution in [1.29, 1.82) is 5.26 Å². The van der Waals surface area contributed by atoms with Crippen LogP contribution in [0, 0.1) is 31.1 Å². The number of nitriles is 1. The van der Waals surface area contributed by atoms with Gasteiger partial charge in [-0.05, 0) is 56.0 Å². The Morgan fingerprint density at radius 1 is 1.24 bits per heavy atom. The average molecular weight is 394 g/mol. The van der Waals surface area contributed by atoms with Gasteiger partial charge in [-0.1, -0.05) is 19.9 Å². The lowest BCUT2D eigenvalue weighted by Gasteiger charge is -2.13. The normalized spacial score (nSPS) is 11.3. The van der Waals surface area contributed by atoms with Crippen LogP contribution < -0.4 is 9.47 Å². The number of aromatic nitrogens is 1. The molecule has 6 nitrogen and oxygen atoms in total. The first-order valence-corrected chi connectivity index (χ1v) is 9.37. The summed E-state index contributed by atoms with van der Waals surface area (Å²) in [6.07, 6.45) is 1.50. The van der Waals surface area contributed by atoms with Crippen LogP contribution in [0.25, 0.3) is 6.08 Å². The van der Waals surface area contributed by atoms with Gasteiger partial charge in [-0.2, -0.15) is 5.26 Å². The van der Waals surface area contributed by atoms with Gasteiger partial charge in [-0.25, -0.2) is 0 Å². The number of methoxy groups -OCH3 is 1. The summed E-state index contributed by atoms with van der Waals surface area (Å²) < 4.78 is 11.1. The summed E-state index contributed by atoms with van der Waals surface area (Å²) in [6.45, 7) is 9.54. The molecule has 29 heavy (non-hydrogen) atoms. The Morgan fingerprint density at radius 2 is 1.93 bits per heavy atom. The molecule has 2 rings (SSSR count). The van der Waals surface area contributed by atoms with E-state index in [1.54, 1.807) is 32.0 Å². The highest BCUT2D eigenvalue weighted by molar-refractivity contribution is 6.15. The molecule has 0 radical (unpaired) electrons. The predicted molar refractivity (Wildman–Crippen MR) is 112 cm³/mol. The fourth-order valence-corrected chi connectivity index (χ4v) is 3.10. The second-order valence-electron chi connectivity index (χ2n) is 7.30. The van der Waals surface area contributed by atoms with E-state index < -0.39 is 5.78 Å². The molecule has 2 aromatic rings. The predicted octanol–water partition coefficient (Wildman–Crippen LogP) is 4.67. The van der Waals surface area contributed by atoms with Crippen LogP contribution in [0.4, 0.5) is 0 Å². The average Bonchev–Trinajstić information content (AvgIpc) is 2.98. The smallest absolute Gasteiger partial charge is 0.219 e. The van der Waals surface area contributed by atoms with Crippen LogP contribution in [0.3, 0.4) is 0 Å². The lowest BCUT2D eigenvalue weighted by molar-refractivity contribution is 0.101. The molecule has 0 aliphatic carbocycles. The molecule has 0 aliphatic rings. The molecule has 1 aromatic carbocycles. The zero-order chi connectivity index (χ0) is 21.7. The number of carbonyl (C=O) groups is 2. The summed E-state index contributed by atoms with van der Waals surface area (Å²) in [4.78, 5) is 27.7. The Morgan fingerprint density at radius 3 is 2.45 bits per heavy atom. The Balaban J connectivity index is 2.39. The van der Waals surface area contributed by atoms with Crippen molar-refractivity contribution < 1.29 is 19.1 Å². The molecule has 0 amide bonds. The maximum absolute atomic E-state index is 12.9. The van der Waals surface area contributed by atoms with E-state index in [1.165, 1.54) is 20.1 Å². The molecule has 0 saturated heterocycles. The second-order valence-corrected chi connectivity index (χ2v) is 7.30. The Bertz CT molecular complexity index is 1010. The van der Waals surface area contributed by atoms with E-state index in [2.05, 4.69) is 18.8 Å². The van der Waals surface area contributed by atoms with E-state index >= 15 is 0 Å². The number of hydrogen-bond acceptors (Lipinski definition) is 5. The number of ether oxygens (including phenoxy) is 2. The molecule has 0 saturated carbocycles. The highest BCUT2D eigenvalue weighted by atomic mass is 16.5. The van der Waals surface area contributed by atoms with Gasteiger partial charge < -0.3 is 14.5 Å². The summed E-state index contributed by atoms with van der Waals surface area (Å²) in [6, 6.07) is 7.19. The van der Waals surface area contributed by atoms with E-state index in [4.69, 9.17) is 9.47 Å². The first-order valence-electron chi connectivity index (χ1n) is 9.37. The fourth-order valence-electron chi connectivity index (χ4n) is 3.10. The zero-order valence-corrected chi connectivity index (χ0v) is 17.7. The van der Waals surface area contributed by atoms with Crippen LogP contribution in [0.2, 0.25) is 0 Å². The summed E-state index contributed by atoms with van der Waals surface area (Å²) in [5.74, 6) is 0.911. The number of aryl methyl sites for hydroxylation is 1. The number of rotatable bonds is 8. The minimum Gasteiger partial charge on any atom is -0.493 e. The SMILES string of the molecule is COc1cc(C=C(C#N)C(=O)c2[nH]c(C)c(C(C)=O)c2C)ccc1OCC(C)C. The minimum atomic E-state index is -0.459. The van der Waals surface area contributed by atoms with Gasteiger partial charge in [0.1, 0.15) is 11.6 Å². The highest BCUT2D eigenvalue weighted by Crippen LogP contribution is 2.30. The third-order valence-corrected chi connectivity index (χ3v) is 4.45. The number of allylic oxidation sites excluding steroid dienone is 1. The van der Waals surface area contributed by atoms with Crippen molar-refractivity contribution in [2.24, 2.45) is 5.92 Å². The monoisotopic (exact) mass is 394 g/mol. The van der Waals surface area contributed by atoms with Crippen molar-refractivity contribution in [3.63, 3.8) is 0 Å². The van der Waals surface area contributed by atoms with E-state index in [0.29, 0.717) is 46.4 Å². The van der Waals surface area contributed by atoms with Crippen LogP contribution in [0.15, 0.2) is 23.8 Å². The molecule has 1 N–H and O–H groups in total. The van der Waals surface area contributed by atoms with E-state index in [1.807, 2.05) is 6.07 Å². The molecule has 0 spiro atoms. The molecule has 6 heteroatoms. The number of Topliss-reactive ketones (excluding diaryl/α,β-unsaturated/α-hetero) is 2. The van der Waals surface area contributed by atoms with Crippen molar-refractivity contribution in [2.45, 2.75) is 34.6 Å². The Labute approximate surface area is 171 Å². The van der Waals surface area contributed by atoms with Gasteiger partial charge in [0, 0.05) is 11.3 Å². The first kappa shape index (κ1) is 22.0. The number of ketones is 2. The van der Waals surface area contributed by atoms with E-state index in [-0.39, 0.29) is 17.1 Å². The van der Waals surface area contributed by atoms with Gasteiger partial charge in [-0.3, -0.25) is 9.59 Å². The number of benzene rings is 1. The number of nitrogens with one attached hydrogen (secondary N) is 1. The molecular weight excluding hydrogens is 368 g/mol. The van der Waals surface area contributed by atoms with Gasteiger partial charge in [0.2, 0.25) is 5.78 Å². The fraction of sp³-hybridized carbons (Fsp3) is 0.348. The molecule has 0 atom stereocenters. The third-order valence-electron chi connectivity index (χ3n) is 4.45. The maximum Gasteiger partial charge on any atom is 0.219 e. The van der Waals surface area contributed by atoms with Gasteiger partial charge in [0.25, 0.3) is 0 Å². The van der Waals surface area contributed by atoms with Crippen molar-refractivity contribution in [2.75, 3.05) is 13.7 Å². The Kier molecular flexibility index (Phi) is 7.00. The van der Waals surface area contributed by atoms with Crippen LogP contribution in [-0.4, -0.2) is 30.3 Å². The highest BCUT2D eigenvalue weighted by Gasteiger charge is 2.22. The number of aromatic amines is 1. The molecule has 1 aromatic heterocycles. The lowest BCUT2D eigenvalue weighted by Crippen LogP contribution is -2.06.